The fraction of sp³-hybridized carbons (Fsp3) is 0.412. The molecular formula is C17H20ClN5O. The first-order chi connectivity index (χ1) is 11.5. The molecular weight excluding hydrogens is 326 g/mol. The predicted molar refractivity (Wildman–Crippen MR) is 91.3 cm³/mol. The van der Waals surface area contributed by atoms with Crippen LogP contribution in [0.4, 0.5) is 0 Å². The highest BCUT2D eigenvalue weighted by atomic mass is 35.5. The predicted octanol–water partition coefficient (Wildman–Crippen LogP) is 2.10. The van der Waals surface area contributed by atoms with Crippen molar-refractivity contribution in [3.63, 3.8) is 0 Å². The van der Waals surface area contributed by atoms with E-state index in [9.17, 15) is 4.79 Å². The zero-order valence-electron chi connectivity index (χ0n) is 13.8. The maximum Gasteiger partial charge on any atom is 0.248 e. The number of hydrogen-bond acceptors (Lipinski definition) is 5. The molecule has 7 heteroatoms. The molecule has 0 bridgehead atoms. The Labute approximate surface area is 146 Å². The lowest BCUT2D eigenvalue weighted by Gasteiger charge is -2.38. The normalized spacial score (nSPS) is 21.0. The zero-order chi connectivity index (χ0) is 17.2. The topological polar surface area (TPSA) is 62.2 Å². The Kier molecular flexibility index (Phi) is 4.78. The van der Waals surface area contributed by atoms with E-state index in [-0.39, 0.29) is 5.91 Å². The van der Waals surface area contributed by atoms with Crippen LogP contribution in [0.25, 0.3) is 0 Å². The quantitative estimate of drug-likeness (QED) is 0.849. The van der Waals surface area contributed by atoms with Gasteiger partial charge < -0.3 is 4.90 Å². The molecule has 0 aliphatic carbocycles. The third-order valence-corrected chi connectivity index (χ3v) is 4.62. The van der Waals surface area contributed by atoms with Gasteiger partial charge in [0.15, 0.2) is 0 Å². The Morgan fingerprint density at radius 1 is 1.29 bits per heavy atom. The summed E-state index contributed by atoms with van der Waals surface area (Å²) in [5.41, 5.74) is 0.773. The van der Waals surface area contributed by atoms with Crippen LogP contribution in [0.1, 0.15) is 24.2 Å². The van der Waals surface area contributed by atoms with Gasteiger partial charge in [-0.05, 0) is 25.0 Å². The van der Waals surface area contributed by atoms with Crippen LogP contribution in [0.3, 0.4) is 0 Å². The molecule has 1 unspecified atom stereocenters. The SMILES string of the molecule is CN(C)C(=O)C1(c2cnccn2)CCCN1Cc1ccc(Cl)cn1. The third-order valence-electron chi connectivity index (χ3n) is 4.39. The number of aromatic nitrogens is 3. The van der Waals surface area contributed by atoms with Gasteiger partial charge >= 0.3 is 0 Å². The van der Waals surface area contributed by atoms with Crippen LogP contribution in [-0.4, -0.2) is 51.3 Å². The van der Waals surface area contributed by atoms with Gasteiger partial charge in [-0.25, -0.2) is 0 Å². The van der Waals surface area contributed by atoms with Crippen molar-refractivity contribution in [3.05, 3.63) is 53.3 Å². The van der Waals surface area contributed by atoms with Crippen LogP contribution in [0.15, 0.2) is 36.9 Å². The molecule has 3 heterocycles. The Morgan fingerprint density at radius 2 is 2.12 bits per heavy atom. The summed E-state index contributed by atoms with van der Waals surface area (Å²) >= 11 is 5.92. The molecule has 1 aliphatic rings. The Balaban J connectivity index is 2.00. The standard InChI is InChI=1S/C17H20ClN5O/c1-22(2)16(24)17(15-11-19-7-8-20-15)6-3-9-23(17)12-14-5-4-13(18)10-21-14/h4-5,7-8,10-11H,3,6,9,12H2,1-2H3. The highest BCUT2D eigenvalue weighted by molar-refractivity contribution is 6.30. The highest BCUT2D eigenvalue weighted by Crippen LogP contribution is 2.40. The molecule has 0 saturated carbocycles. The number of likely N-dealkylation sites (tertiary alicyclic amines) is 1. The maximum absolute atomic E-state index is 13.1. The van der Waals surface area contributed by atoms with Gasteiger partial charge in [-0.15, -0.1) is 0 Å². The summed E-state index contributed by atoms with van der Waals surface area (Å²) in [5, 5.41) is 0.602. The monoisotopic (exact) mass is 345 g/mol. The molecule has 0 radical (unpaired) electrons. The molecule has 1 fully saturated rings. The molecule has 0 spiro atoms. The van der Waals surface area contributed by atoms with Crippen molar-refractivity contribution >= 4 is 17.5 Å². The molecule has 1 aliphatic heterocycles. The fourth-order valence-corrected chi connectivity index (χ4v) is 3.42. The Hall–Kier alpha value is -2.05. The van der Waals surface area contributed by atoms with E-state index in [1.165, 1.54) is 0 Å². The number of nitrogens with zero attached hydrogens (tertiary/aromatic N) is 5. The number of carbonyl (C=O) groups is 1. The number of carbonyl (C=O) groups excluding carboxylic acids is 1. The van der Waals surface area contributed by atoms with Gasteiger partial charge in [-0.2, -0.15) is 0 Å². The average molecular weight is 346 g/mol. The van der Waals surface area contributed by atoms with Gasteiger partial charge in [-0.1, -0.05) is 11.6 Å². The number of hydrogen-bond donors (Lipinski definition) is 0. The fourth-order valence-electron chi connectivity index (χ4n) is 3.31. The second kappa shape index (κ2) is 6.83. The number of rotatable bonds is 4. The minimum absolute atomic E-state index is 0.0227. The molecule has 24 heavy (non-hydrogen) atoms. The van der Waals surface area contributed by atoms with E-state index in [0.29, 0.717) is 17.3 Å². The molecule has 2 aromatic rings. The lowest BCUT2D eigenvalue weighted by molar-refractivity contribution is -0.141. The number of pyridine rings is 1. The van der Waals surface area contributed by atoms with Crippen molar-refractivity contribution in [3.8, 4) is 0 Å². The van der Waals surface area contributed by atoms with Crippen LogP contribution in [0, 0.1) is 0 Å². The number of likely N-dealkylation sites (N-methyl/N-ethyl adjacent to an activating group) is 1. The van der Waals surface area contributed by atoms with Gasteiger partial charge in [0.05, 0.1) is 22.6 Å². The van der Waals surface area contributed by atoms with Crippen LogP contribution >= 0.6 is 11.6 Å². The molecule has 6 nitrogen and oxygen atoms in total. The largest absolute Gasteiger partial charge is 0.347 e. The van der Waals surface area contributed by atoms with Gasteiger partial charge in [-0.3, -0.25) is 24.6 Å². The average Bonchev–Trinajstić information content (AvgIpc) is 3.01. The summed E-state index contributed by atoms with van der Waals surface area (Å²) in [7, 11) is 3.55. The van der Waals surface area contributed by atoms with Crippen molar-refractivity contribution in [1.29, 1.82) is 0 Å². The first kappa shape index (κ1) is 16.8. The van der Waals surface area contributed by atoms with Crippen LogP contribution in [0.2, 0.25) is 5.02 Å². The molecule has 126 valence electrons. The Morgan fingerprint density at radius 3 is 2.75 bits per heavy atom. The molecule has 2 aromatic heterocycles. The summed E-state index contributed by atoms with van der Waals surface area (Å²) in [6, 6.07) is 3.71. The summed E-state index contributed by atoms with van der Waals surface area (Å²) in [5.74, 6) is 0.0227. The number of halogens is 1. The van der Waals surface area contributed by atoms with Crippen molar-refractivity contribution in [2.24, 2.45) is 0 Å². The van der Waals surface area contributed by atoms with Crippen molar-refractivity contribution in [1.82, 2.24) is 24.8 Å². The van der Waals surface area contributed by atoms with E-state index in [2.05, 4.69) is 19.9 Å². The lowest BCUT2D eigenvalue weighted by atomic mass is 9.90. The minimum atomic E-state index is -0.793. The zero-order valence-corrected chi connectivity index (χ0v) is 14.6. The molecule has 3 rings (SSSR count). The summed E-state index contributed by atoms with van der Waals surface area (Å²) < 4.78 is 0. The van der Waals surface area contributed by atoms with Gasteiger partial charge in [0.2, 0.25) is 5.91 Å². The van der Waals surface area contributed by atoms with E-state index in [4.69, 9.17) is 11.6 Å². The molecule has 0 aromatic carbocycles. The second-order valence-corrected chi connectivity index (χ2v) is 6.58. The molecule has 1 amide bonds. The van der Waals surface area contributed by atoms with Crippen LogP contribution in [0.5, 0.6) is 0 Å². The minimum Gasteiger partial charge on any atom is -0.347 e. The van der Waals surface area contributed by atoms with Crippen molar-refractivity contribution in [2.75, 3.05) is 20.6 Å². The second-order valence-electron chi connectivity index (χ2n) is 6.14. The van der Waals surface area contributed by atoms with Crippen LogP contribution in [-0.2, 0) is 16.9 Å². The van der Waals surface area contributed by atoms with E-state index >= 15 is 0 Å². The maximum atomic E-state index is 13.1. The van der Waals surface area contributed by atoms with E-state index in [0.717, 1.165) is 25.1 Å². The third kappa shape index (κ3) is 2.99. The number of amides is 1. The molecule has 0 N–H and O–H groups in total. The van der Waals surface area contributed by atoms with Crippen molar-refractivity contribution in [2.45, 2.75) is 24.9 Å². The summed E-state index contributed by atoms with van der Waals surface area (Å²) in [4.78, 5) is 29.9. The smallest absolute Gasteiger partial charge is 0.248 e. The summed E-state index contributed by atoms with van der Waals surface area (Å²) in [6.07, 6.45) is 8.22. The van der Waals surface area contributed by atoms with E-state index in [1.807, 2.05) is 12.1 Å². The summed E-state index contributed by atoms with van der Waals surface area (Å²) in [6.45, 7) is 1.37. The lowest BCUT2D eigenvalue weighted by Crippen LogP contribution is -2.52. The highest BCUT2D eigenvalue weighted by Gasteiger charge is 2.50. The first-order valence-electron chi connectivity index (χ1n) is 7.88. The van der Waals surface area contributed by atoms with Gasteiger partial charge in [0.1, 0.15) is 5.54 Å². The Bertz CT molecular complexity index is 707. The van der Waals surface area contributed by atoms with Crippen LogP contribution < -0.4 is 0 Å². The van der Waals surface area contributed by atoms with E-state index < -0.39 is 5.54 Å². The first-order valence-corrected chi connectivity index (χ1v) is 8.25. The van der Waals surface area contributed by atoms with Crippen molar-refractivity contribution < 1.29 is 4.79 Å². The molecule has 1 atom stereocenters. The van der Waals surface area contributed by atoms with Gasteiger partial charge in [0, 0.05) is 45.8 Å². The molecule has 1 saturated heterocycles. The van der Waals surface area contributed by atoms with Gasteiger partial charge in [0.25, 0.3) is 0 Å². The van der Waals surface area contributed by atoms with E-state index in [1.54, 1.807) is 43.8 Å².